The molecule has 0 bridgehead atoms. The SMILES string of the molecule is O[C@H]1CCCO[C@]12CCCCO2. The number of rotatable bonds is 0. The second-order valence-electron chi connectivity index (χ2n) is 3.62. The average Bonchev–Trinajstić information content (AvgIpc) is 2.12. The van der Waals surface area contributed by atoms with E-state index in [1.165, 1.54) is 0 Å². The van der Waals surface area contributed by atoms with Crippen molar-refractivity contribution in [1.29, 1.82) is 0 Å². The van der Waals surface area contributed by atoms with Gasteiger partial charge in [-0.2, -0.15) is 0 Å². The Kier molecular flexibility index (Phi) is 2.35. The van der Waals surface area contributed by atoms with Crippen molar-refractivity contribution in [2.45, 2.75) is 44.0 Å². The molecule has 0 radical (unpaired) electrons. The van der Waals surface area contributed by atoms with E-state index in [4.69, 9.17) is 9.47 Å². The van der Waals surface area contributed by atoms with Gasteiger partial charge in [0.05, 0.1) is 13.2 Å². The fourth-order valence-electron chi connectivity index (χ4n) is 2.00. The molecule has 3 heteroatoms. The summed E-state index contributed by atoms with van der Waals surface area (Å²) in [6.45, 7) is 1.47. The Morgan fingerprint density at radius 3 is 2.42 bits per heavy atom. The van der Waals surface area contributed by atoms with Crippen molar-refractivity contribution in [3.05, 3.63) is 0 Å². The van der Waals surface area contributed by atoms with E-state index in [-0.39, 0.29) is 0 Å². The van der Waals surface area contributed by atoms with E-state index < -0.39 is 11.9 Å². The lowest BCUT2D eigenvalue weighted by Gasteiger charge is -2.43. The molecule has 0 aliphatic carbocycles. The number of hydrogen-bond donors (Lipinski definition) is 1. The summed E-state index contributed by atoms with van der Waals surface area (Å²) in [5.41, 5.74) is 0. The van der Waals surface area contributed by atoms with Crippen molar-refractivity contribution in [3.63, 3.8) is 0 Å². The van der Waals surface area contributed by atoms with Crippen molar-refractivity contribution in [2.75, 3.05) is 13.2 Å². The molecule has 2 fully saturated rings. The molecule has 0 saturated carbocycles. The molecule has 0 aromatic rings. The largest absolute Gasteiger partial charge is 0.388 e. The molecule has 0 amide bonds. The molecule has 70 valence electrons. The first-order valence-corrected chi connectivity index (χ1v) is 4.79. The summed E-state index contributed by atoms with van der Waals surface area (Å²) in [6, 6.07) is 0. The number of aliphatic hydroxyl groups is 1. The second kappa shape index (κ2) is 3.32. The normalized spacial score (nSPS) is 43.2. The van der Waals surface area contributed by atoms with Crippen molar-refractivity contribution in [2.24, 2.45) is 0 Å². The van der Waals surface area contributed by atoms with E-state index in [1.807, 2.05) is 0 Å². The van der Waals surface area contributed by atoms with E-state index in [9.17, 15) is 5.11 Å². The van der Waals surface area contributed by atoms with Gasteiger partial charge in [-0.1, -0.05) is 0 Å². The van der Waals surface area contributed by atoms with Crippen LogP contribution >= 0.6 is 0 Å². The predicted molar refractivity (Wildman–Crippen MR) is 43.7 cm³/mol. The van der Waals surface area contributed by atoms with Gasteiger partial charge in [0.15, 0.2) is 5.79 Å². The molecule has 2 aliphatic rings. The summed E-state index contributed by atoms with van der Waals surface area (Å²) < 4.78 is 11.1. The average molecular weight is 172 g/mol. The van der Waals surface area contributed by atoms with Crippen LogP contribution in [0.1, 0.15) is 32.1 Å². The van der Waals surface area contributed by atoms with Gasteiger partial charge in [0, 0.05) is 6.42 Å². The topological polar surface area (TPSA) is 38.7 Å². The Morgan fingerprint density at radius 2 is 1.83 bits per heavy atom. The van der Waals surface area contributed by atoms with Crippen LogP contribution in [0.2, 0.25) is 0 Å². The highest BCUT2D eigenvalue weighted by Gasteiger charge is 2.43. The van der Waals surface area contributed by atoms with Crippen LogP contribution in [0.25, 0.3) is 0 Å². The van der Waals surface area contributed by atoms with E-state index in [1.54, 1.807) is 0 Å². The highest BCUT2D eigenvalue weighted by atomic mass is 16.7. The first kappa shape index (κ1) is 8.48. The summed E-state index contributed by atoms with van der Waals surface area (Å²) in [6.07, 6.45) is 4.42. The van der Waals surface area contributed by atoms with Gasteiger partial charge in [-0.15, -0.1) is 0 Å². The third-order valence-corrected chi connectivity index (χ3v) is 2.74. The van der Waals surface area contributed by atoms with Crippen molar-refractivity contribution in [3.8, 4) is 0 Å². The Labute approximate surface area is 72.7 Å². The van der Waals surface area contributed by atoms with Crippen LogP contribution in [-0.2, 0) is 9.47 Å². The van der Waals surface area contributed by atoms with Gasteiger partial charge in [0.2, 0.25) is 0 Å². The molecule has 0 unspecified atom stereocenters. The Balaban J connectivity index is 2.04. The fraction of sp³-hybridized carbons (Fsp3) is 1.00. The van der Waals surface area contributed by atoms with Gasteiger partial charge in [0.25, 0.3) is 0 Å². The third kappa shape index (κ3) is 1.37. The molecule has 2 aliphatic heterocycles. The Bertz CT molecular complexity index is 144. The maximum atomic E-state index is 9.73. The monoisotopic (exact) mass is 172 g/mol. The predicted octanol–water partition coefficient (Wildman–Crippen LogP) is 1.05. The van der Waals surface area contributed by atoms with E-state index in [0.29, 0.717) is 0 Å². The summed E-state index contributed by atoms with van der Waals surface area (Å²) in [4.78, 5) is 0. The maximum absolute atomic E-state index is 9.73. The highest BCUT2D eigenvalue weighted by molar-refractivity contribution is 4.84. The minimum absolute atomic E-state index is 0.411. The zero-order chi connectivity index (χ0) is 8.44. The maximum Gasteiger partial charge on any atom is 0.194 e. The first-order valence-electron chi connectivity index (χ1n) is 4.79. The molecular weight excluding hydrogens is 156 g/mol. The van der Waals surface area contributed by atoms with Crippen LogP contribution < -0.4 is 0 Å². The number of aliphatic hydroxyl groups excluding tert-OH is 1. The van der Waals surface area contributed by atoms with Crippen molar-refractivity contribution >= 4 is 0 Å². The molecule has 2 atom stereocenters. The van der Waals surface area contributed by atoms with E-state index >= 15 is 0 Å². The minimum Gasteiger partial charge on any atom is -0.388 e. The van der Waals surface area contributed by atoms with Gasteiger partial charge >= 0.3 is 0 Å². The van der Waals surface area contributed by atoms with Gasteiger partial charge < -0.3 is 14.6 Å². The molecule has 0 aromatic carbocycles. The second-order valence-corrected chi connectivity index (χ2v) is 3.62. The van der Waals surface area contributed by atoms with Crippen molar-refractivity contribution in [1.82, 2.24) is 0 Å². The Morgan fingerprint density at radius 1 is 1.08 bits per heavy atom. The lowest BCUT2D eigenvalue weighted by Crippen LogP contribution is -2.52. The molecular formula is C9H16O3. The highest BCUT2D eigenvalue weighted by Crippen LogP contribution is 2.34. The molecule has 2 saturated heterocycles. The van der Waals surface area contributed by atoms with Crippen LogP contribution in [0.4, 0.5) is 0 Å². The zero-order valence-electron chi connectivity index (χ0n) is 7.29. The van der Waals surface area contributed by atoms with E-state index in [0.717, 1.165) is 45.3 Å². The lowest BCUT2D eigenvalue weighted by molar-refractivity contribution is -0.314. The quantitative estimate of drug-likeness (QED) is 0.593. The molecule has 3 nitrogen and oxygen atoms in total. The summed E-state index contributed by atoms with van der Waals surface area (Å²) >= 11 is 0. The Hall–Kier alpha value is -0.120. The zero-order valence-corrected chi connectivity index (χ0v) is 7.29. The third-order valence-electron chi connectivity index (χ3n) is 2.74. The van der Waals surface area contributed by atoms with Gasteiger partial charge in [-0.3, -0.25) is 0 Å². The van der Waals surface area contributed by atoms with Crippen LogP contribution in [0.3, 0.4) is 0 Å². The summed E-state index contributed by atoms with van der Waals surface area (Å²) in [7, 11) is 0. The van der Waals surface area contributed by atoms with Crippen LogP contribution in [-0.4, -0.2) is 30.2 Å². The standard InChI is InChI=1S/C9H16O3/c10-8-4-3-7-12-9(8)5-1-2-6-11-9/h8,10H,1-7H2/t8-,9+/m0/s1. The minimum atomic E-state index is -0.628. The molecule has 0 aromatic heterocycles. The first-order chi connectivity index (χ1) is 5.83. The molecule has 12 heavy (non-hydrogen) atoms. The number of ether oxygens (including phenoxy) is 2. The molecule has 2 heterocycles. The summed E-state index contributed by atoms with van der Waals surface area (Å²) in [5.74, 6) is -0.628. The lowest BCUT2D eigenvalue weighted by atomic mass is 9.94. The van der Waals surface area contributed by atoms with Gasteiger partial charge in [0.1, 0.15) is 6.10 Å². The molecule has 2 rings (SSSR count). The van der Waals surface area contributed by atoms with Crippen LogP contribution in [0.15, 0.2) is 0 Å². The van der Waals surface area contributed by atoms with Crippen molar-refractivity contribution < 1.29 is 14.6 Å². The van der Waals surface area contributed by atoms with E-state index in [2.05, 4.69) is 0 Å². The smallest absolute Gasteiger partial charge is 0.194 e. The fourth-order valence-corrected chi connectivity index (χ4v) is 2.00. The van der Waals surface area contributed by atoms with Gasteiger partial charge in [-0.05, 0) is 25.7 Å². The summed E-state index contributed by atoms with van der Waals surface area (Å²) in [5, 5.41) is 9.73. The molecule has 1 spiro atoms. The number of hydrogen-bond acceptors (Lipinski definition) is 3. The van der Waals surface area contributed by atoms with Gasteiger partial charge in [-0.25, -0.2) is 0 Å². The van der Waals surface area contributed by atoms with Crippen LogP contribution in [0, 0.1) is 0 Å². The van der Waals surface area contributed by atoms with Crippen LogP contribution in [0.5, 0.6) is 0 Å². The molecule has 1 N–H and O–H groups in total.